The molecule has 4 heteroatoms. The summed E-state index contributed by atoms with van der Waals surface area (Å²) in [6.07, 6.45) is 0. The lowest BCUT2D eigenvalue weighted by atomic mass is 10.2. The van der Waals surface area contributed by atoms with Crippen LogP contribution in [0.25, 0.3) is 0 Å². The van der Waals surface area contributed by atoms with E-state index in [4.69, 9.17) is 10.5 Å². The Labute approximate surface area is 89.4 Å². The second-order valence-electron chi connectivity index (χ2n) is 3.28. The number of amides is 1. The van der Waals surface area contributed by atoms with Gasteiger partial charge >= 0.3 is 0 Å². The van der Waals surface area contributed by atoms with E-state index in [0.29, 0.717) is 18.0 Å². The molecule has 0 saturated heterocycles. The number of nitrogen functional groups attached to an aromatic ring is 1. The molecule has 15 heavy (non-hydrogen) atoms. The number of rotatable bonds is 4. The first-order valence-corrected chi connectivity index (χ1v) is 4.87. The van der Waals surface area contributed by atoms with Crippen molar-refractivity contribution < 1.29 is 9.53 Å². The van der Waals surface area contributed by atoms with Gasteiger partial charge in [0.15, 0.2) is 0 Å². The third kappa shape index (κ3) is 3.59. The Kier molecular flexibility index (Phi) is 4.12. The lowest BCUT2D eigenvalue weighted by Crippen LogP contribution is -2.18. The largest absolute Gasteiger partial charge is 0.397 e. The fourth-order valence-corrected chi connectivity index (χ4v) is 1.18. The van der Waals surface area contributed by atoms with Crippen LogP contribution in [0.15, 0.2) is 18.2 Å². The molecule has 0 aromatic heterocycles. The molecule has 1 aromatic rings. The van der Waals surface area contributed by atoms with Crippen LogP contribution in [0.1, 0.15) is 12.5 Å². The second-order valence-corrected chi connectivity index (χ2v) is 3.28. The van der Waals surface area contributed by atoms with Gasteiger partial charge in [0.05, 0.1) is 11.4 Å². The number of nitrogens with two attached hydrogens (primary N) is 1. The summed E-state index contributed by atoms with van der Waals surface area (Å²) in [6, 6.07) is 5.50. The number of carbonyl (C=O) groups is 1. The lowest BCUT2D eigenvalue weighted by molar-refractivity contribution is -0.120. The highest BCUT2D eigenvalue weighted by Crippen LogP contribution is 2.19. The number of hydrogen-bond donors (Lipinski definition) is 2. The number of ether oxygens (including phenoxy) is 1. The number of benzene rings is 1. The topological polar surface area (TPSA) is 64.3 Å². The molecule has 0 unspecified atom stereocenters. The normalized spacial score (nSPS) is 10.0. The van der Waals surface area contributed by atoms with Crippen LogP contribution >= 0.6 is 0 Å². The highest BCUT2D eigenvalue weighted by Gasteiger charge is 2.04. The van der Waals surface area contributed by atoms with E-state index in [1.807, 2.05) is 26.0 Å². The summed E-state index contributed by atoms with van der Waals surface area (Å²) in [6.45, 7) is 4.37. The van der Waals surface area contributed by atoms with Gasteiger partial charge in [0.2, 0.25) is 5.91 Å². The average molecular weight is 208 g/mol. The van der Waals surface area contributed by atoms with Crippen LogP contribution in [0, 0.1) is 6.92 Å². The third-order valence-corrected chi connectivity index (χ3v) is 1.92. The molecule has 4 nitrogen and oxygen atoms in total. The van der Waals surface area contributed by atoms with Gasteiger partial charge < -0.3 is 15.8 Å². The van der Waals surface area contributed by atoms with E-state index in [0.717, 1.165) is 5.56 Å². The van der Waals surface area contributed by atoms with E-state index in [1.165, 1.54) is 0 Å². The zero-order valence-corrected chi connectivity index (χ0v) is 9.04. The molecule has 1 amide bonds. The first kappa shape index (κ1) is 11.5. The number of anilines is 2. The van der Waals surface area contributed by atoms with Crippen molar-refractivity contribution in [2.75, 3.05) is 24.3 Å². The maximum absolute atomic E-state index is 11.3. The van der Waals surface area contributed by atoms with E-state index in [2.05, 4.69) is 5.32 Å². The van der Waals surface area contributed by atoms with Gasteiger partial charge in [-0.1, -0.05) is 6.07 Å². The van der Waals surface area contributed by atoms with Gasteiger partial charge in [-0.05, 0) is 31.5 Å². The van der Waals surface area contributed by atoms with Crippen LogP contribution in [-0.4, -0.2) is 19.1 Å². The van der Waals surface area contributed by atoms with Crippen molar-refractivity contribution in [2.45, 2.75) is 13.8 Å². The summed E-state index contributed by atoms with van der Waals surface area (Å²) >= 11 is 0. The van der Waals surface area contributed by atoms with E-state index in [-0.39, 0.29) is 12.5 Å². The van der Waals surface area contributed by atoms with Gasteiger partial charge in [-0.25, -0.2) is 0 Å². The minimum atomic E-state index is -0.188. The molecular formula is C11H16N2O2. The number of hydrogen-bond acceptors (Lipinski definition) is 3. The summed E-state index contributed by atoms with van der Waals surface area (Å²) in [5, 5.41) is 2.68. The summed E-state index contributed by atoms with van der Waals surface area (Å²) in [5.41, 5.74) is 8.01. The van der Waals surface area contributed by atoms with E-state index in [9.17, 15) is 4.79 Å². The predicted molar refractivity (Wildman–Crippen MR) is 60.7 cm³/mol. The summed E-state index contributed by atoms with van der Waals surface area (Å²) < 4.78 is 4.98. The molecular weight excluding hydrogens is 192 g/mol. The summed E-state index contributed by atoms with van der Waals surface area (Å²) in [5.74, 6) is -0.188. The van der Waals surface area contributed by atoms with Gasteiger partial charge in [0.1, 0.15) is 6.61 Å². The van der Waals surface area contributed by atoms with Gasteiger partial charge in [-0.3, -0.25) is 4.79 Å². The minimum absolute atomic E-state index is 0.0593. The van der Waals surface area contributed by atoms with Crippen molar-refractivity contribution in [1.82, 2.24) is 0 Å². The van der Waals surface area contributed by atoms with Crippen molar-refractivity contribution in [2.24, 2.45) is 0 Å². The SMILES string of the molecule is CCOCC(=O)Nc1ccc(C)cc1N. The summed E-state index contributed by atoms with van der Waals surface area (Å²) in [7, 11) is 0. The molecule has 0 fully saturated rings. The Bertz CT molecular complexity index is 350. The first-order chi connectivity index (χ1) is 7.13. The van der Waals surface area contributed by atoms with E-state index < -0.39 is 0 Å². The van der Waals surface area contributed by atoms with Gasteiger partial charge in [0, 0.05) is 6.61 Å². The molecule has 82 valence electrons. The Balaban J connectivity index is 2.60. The minimum Gasteiger partial charge on any atom is -0.397 e. The fraction of sp³-hybridized carbons (Fsp3) is 0.364. The Hall–Kier alpha value is -1.55. The molecule has 1 aromatic carbocycles. The molecule has 0 radical (unpaired) electrons. The smallest absolute Gasteiger partial charge is 0.250 e. The maximum Gasteiger partial charge on any atom is 0.250 e. The molecule has 0 aliphatic heterocycles. The Morgan fingerprint density at radius 2 is 2.27 bits per heavy atom. The molecule has 0 heterocycles. The molecule has 0 spiro atoms. The number of nitrogens with one attached hydrogen (secondary N) is 1. The van der Waals surface area contributed by atoms with Crippen molar-refractivity contribution in [3.63, 3.8) is 0 Å². The van der Waals surface area contributed by atoms with E-state index >= 15 is 0 Å². The van der Waals surface area contributed by atoms with Gasteiger partial charge in [0.25, 0.3) is 0 Å². The van der Waals surface area contributed by atoms with Crippen molar-refractivity contribution >= 4 is 17.3 Å². The zero-order valence-electron chi connectivity index (χ0n) is 9.04. The van der Waals surface area contributed by atoms with Crippen LogP contribution in [0.2, 0.25) is 0 Å². The van der Waals surface area contributed by atoms with Crippen LogP contribution in [-0.2, 0) is 9.53 Å². The molecule has 0 atom stereocenters. The van der Waals surface area contributed by atoms with Crippen LogP contribution in [0.5, 0.6) is 0 Å². The fourth-order valence-electron chi connectivity index (χ4n) is 1.18. The van der Waals surface area contributed by atoms with E-state index in [1.54, 1.807) is 6.07 Å². The van der Waals surface area contributed by atoms with Crippen molar-refractivity contribution in [3.05, 3.63) is 23.8 Å². The van der Waals surface area contributed by atoms with Gasteiger partial charge in [-0.15, -0.1) is 0 Å². The highest BCUT2D eigenvalue weighted by atomic mass is 16.5. The molecule has 0 aliphatic rings. The van der Waals surface area contributed by atoms with Crippen molar-refractivity contribution in [1.29, 1.82) is 0 Å². The number of carbonyl (C=O) groups excluding carboxylic acids is 1. The van der Waals surface area contributed by atoms with Crippen LogP contribution in [0.4, 0.5) is 11.4 Å². The van der Waals surface area contributed by atoms with Gasteiger partial charge in [-0.2, -0.15) is 0 Å². The van der Waals surface area contributed by atoms with Crippen LogP contribution < -0.4 is 11.1 Å². The molecule has 0 saturated carbocycles. The molecule has 3 N–H and O–H groups in total. The number of aryl methyl sites for hydroxylation is 1. The quantitative estimate of drug-likeness (QED) is 0.738. The zero-order chi connectivity index (χ0) is 11.3. The Morgan fingerprint density at radius 1 is 1.53 bits per heavy atom. The first-order valence-electron chi connectivity index (χ1n) is 4.87. The Morgan fingerprint density at radius 3 is 2.87 bits per heavy atom. The average Bonchev–Trinajstić information content (AvgIpc) is 2.19. The maximum atomic E-state index is 11.3. The lowest BCUT2D eigenvalue weighted by Gasteiger charge is -2.08. The summed E-state index contributed by atoms with van der Waals surface area (Å²) in [4.78, 5) is 11.3. The monoisotopic (exact) mass is 208 g/mol. The van der Waals surface area contributed by atoms with Crippen molar-refractivity contribution in [3.8, 4) is 0 Å². The third-order valence-electron chi connectivity index (χ3n) is 1.92. The molecule has 0 bridgehead atoms. The molecule has 1 rings (SSSR count). The molecule has 0 aliphatic carbocycles. The second kappa shape index (κ2) is 5.36. The van der Waals surface area contributed by atoms with Crippen LogP contribution in [0.3, 0.4) is 0 Å². The highest BCUT2D eigenvalue weighted by molar-refractivity contribution is 5.94. The predicted octanol–water partition coefficient (Wildman–Crippen LogP) is 1.55. The standard InChI is InChI=1S/C11H16N2O2/c1-3-15-7-11(14)13-10-5-4-8(2)6-9(10)12/h4-6H,3,7,12H2,1-2H3,(H,13,14).